The van der Waals surface area contributed by atoms with Gasteiger partial charge >= 0.3 is 6.18 Å². The molecule has 2 N–H and O–H groups in total. The lowest BCUT2D eigenvalue weighted by molar-refractivity contribution is -0.153. The molecule has 1 aliphatic rings. The third-order valence-corrected chi connectivity index (χ3v) is 4.67. The molecule has 1 aromatic carbocycles. The van der Waals surface area contributed by atoms with Crippen molar-refractivity contribution in [3.8, 4) is 5.75 Å². The number of benzene rings is 1. The number of hydrogen-bond donors (Lipinski definition) is 2. The van der Waals surface area contributed by atoms with Crippen molar-refractivity contribution in [1.82, 2.24) is 15.5 Å². The van der Waals surface area contributed by atoms with Gasteiger partial charge in [0.1, 0.15) is 5.75 Å². The maximum Gasteiger partial charge on any atom is 0.422 e. The predicted molar refractivity (Wildman–Crippen MR) is 107 cm³/mol. The standard InChI is InChI=1S/C20H31F3N4O2/c1-4-24-18(26-14-19(2,3)27-9-11-28-12-10-27)25-13-16-7-5-6-8-17(16)29-15-20(21,22)23/h5-8H,4,9-15H2,1-3H3,(H2,24,25,26). The molecule has 0 aromatic heterocycles. The Bertz CT molecular complexity index is 659. The number of halogens is 3. The van der Waals surface area contributed by atoms with Crippen LogP contribution in [-0.2, 0) is 11.3 Å². The first-order valence-electron chi connectivity index (χ1n) is 9.84. The molecule has 1 fully saturated rings. The minimum absolute atomic E-state index is 0.0896. The van der Waals surface area contributed by atoms with Gasteiger partial charge < -0.3 is 20.1 Å². The van der Waals surface area contributed by atoms with Crippen LogP contribution in [0.5, 0.6) is 5.75 Å². The Morgan fingerprint density at radius 1 is 1.17 bits per heavy atom. The molecule has 0 saturated carbocycles. The lowest BCUT2D eigenvalue weighted by Gasteiger charge is -2.41. The zero-order valence-electron chi connectivity index (χ0n) is 17.3. The van der Waals surface area contributed by atoms with Crippen molar-refractivity contribution in [3.05, 3.63) is 29.8 Å². The van der Waals surface area contributed by atoms with E-state index in [-0.39, 0.29) is 17.8 Å². The molecule has 1 aliphatic heterocycles. The molecule has 1 aromatic rings. The molecule has 1 heterocycles. The summed E-state index contributed by atoms with van der Waals surface area (Å²) < 4.78 is 47.8. The number of aliphatic imine (C=N–C) groups is 1. The van der Waals surface area contributed by atoms with E-state index in [9.17, 15) is 13.2 Å². The van der Waals surface area contributed by atoms with Gasteiger partial charge in [0, 0.05) is 37.3 Å². The van der Waals surface area contributed by atoms with Crippen LogP contribution in [0.3, 0.4) is 0 Å². The second-order valence-corrected chi connectivity index (χ2v) is 7.47. The number of hydrogen-bond acceptors (Lipinski definition) is 4. The molecule has 0 aliphatic carbocycles. The molecule has 0 unspecified atom stereocenters. The van der Waals surface area contributed by atoms with Crippen molar-refractivity contribution in [2.24, 2.45) is 4.99 Å². The summed E-state index contributed by atoms with van der Waals surface area (Å²) in [6, 6.07) is 6.65. The lowest BCUT2D eigenvalue weighted by atomic mass is 10.0. The smallest absolute Gasteiger partial charge is 0.422 e. The van der Waals surface area contributed by atoms with Crippen molar-refractivity contribution in [1.29, 1.82) is 0 Å². The van der Waals surface area contributed by atoms with Crippen LogP contribution in [0.15, 0.2) is 29.3 Å². The first kappa shape index (κ1) is 23.3. The Morgan fingerprint density at radius 3 is 2.52 bits per heavy atom. The number of nitrogens with zero attached hydrogens (tertiary/aromatic N) is 2. The van der Waals surface area contributed by atoms with Crippen molar-refractivity contribution in [2.75, 3.05) is 46.0 Å². The summed E-state index contributed by atoms with van der Waals surface area (Å²) in [6.07, 6.45) is -4.38. The zero-order chi connectivity index (χ0) is 21.3. The maximum atomic E-state index is 12.5. The third kappa shape index (κ3) is 8.10. The van der Waals surface area contributed by atoms with E-state index in [1.54, 1.807) is 18.2 Å². The number of alkyl halides is 3. The van der Waals surface area contributed by atoms with Gasteiger partial charge in [0.2, 0.25) is 0 Å². The van der Waals surface area contributed by atoms with Crippen LogP contribution < -0.4 is 15.4 Å². The average molecular weight is 416 g/mol. The Hall–Kier alpha value is -2.00. The topological polar surface area (TPSA) is 58.1 Å². The summed E-state index contributed by atoms with van der Waals surface area (Å²) in [5.41, 5.74) is 0.509. The molecule has 0 amide bonds. The molecule has 0 atom stereocenters. The van der Waals surface area contributed by atoms with Gasteiger partial charge in [-0.3, -0.25) is 4.90 Å². The summed E-state index contributed by atoms with van der Waals surface area (Å²) in [5, 5.41) is 6.52. The number of nitrogens with one attached hydrogen (secondary N) is 2. The Balaban J connectivity index is 2.00. The number of ether oxygens (including phenoxy) is 2. The van der Waals surface area contributed by atoms with Crippen LogP contribution in [-0.4, -0.2) is 68.6 Å². The number of para-hydroxylation sites is 1. The van der Waals surface area contributed by atoms with Gasteiger partial charge in [-0.05, 0) is 26.8 Å². The van der Waals surface area contributed by atoms with Gasteiger partial charge in [-0.25, -0.2) is 4.99 Å². The minimum Gasteiger partial charge on any atom is -0.484 e. The quantitative estimate of drug-likeness (QED) is 0.504. The molecule has 1 saturated heterocycles. The molecule has 6 nitrogen and oxygen atoms in total. The van der Waals surface area contributed by atoms with Crippen LogP contribution in [0.1, 0.15) is 26.3 Å². The van der Waals surface area contributed by atoms with Gasteiger partial charge in [-0.15, -0.1) is 0 Å². The van der Waals surface area contributed by atoms with Gasteiger partial charge in [0.25, 0.3) is 0 Å². The van der Waals surface area contributed by atoms with Crippen LogP contribution in [0, 0.1) is 0 Å². The Kier molecular flexibility index (Phi) is 8.58. The molecular weight excluding hydrogens is 385 g/mol. The first-order valence-corrected chi connectivity index (χ1v) is 9.84. The monoisotopic (exact) mass is 416 g/mol. The average Bonchev–Trinajstić information content (AvgIpc) is 2.69. The molecule has 0 bridgehead atoms. The van der Waals surface area contributed by atoms with Crippen LogP contribution in [0.4, 0.5) is 13.2 Å². The SMILES string of the molecule is CCNC(=NCc1ccccc1OCC(F)(F)F)NCC(C)(C)N1CCOCC1. The van der Waals surface area contributed by atoms with Crippen LogP contribution >= 0.6 is 0 Å². The highest BCUT2D eigenvalue weighted by Gasteiger charge is 2.29. The predicted octanol–water partition coefficient (Wildman–Crippen LogP) is 2.79. The summed E-state index contributed by atoms with van der Waals surface area (Å²) in [6.45, 7) is 9.74. The number of guanidine groups is 1. The zero-order valence-corrected chi connectivity index (χ0v) is 17.3. The second-order valence-electron chi connectivity index (χ2n) is 7.47. The van der Waals surface area contributed by atoms with E-state index >= 15 is 0 Å². The van der Waals surface area contributed by atoms with Gasteiger partial charge in [-0.2, -0.15) is 13.2 Å². The Labute approximate surface area is 170 Å². The van der Waals surface area contributed by atoms with Crippen LogP contribution in [0.25, 0.3) is 0 Å². The summed E-state index contributed by atoms with van der Waals surface area (Å²) >= 11 is 0. The molecule has 164 valence electrons. The molecule has 9 heteroatoms. The fraction of sp³-hybridized carbons (Fsp3) is 0.650. The Morgan fingerprint density at radius 2 is 1.86 bits per heavy atom. The van der Waals surface area contributed by atoms with E-state index in [0.29, 0.717) is 24.6 Å². The van der Waals surface area contributed by atoms with E-state index in [2.05, 4.69) is 34.4 Å². The summed E-state index contributed by atoms with van der Waals surface area (Å²) in [7, 11) is 0. The largest absolute Gasteiger partial charge is 0.484 e. The normalized spacial score (nSPS) is 16.6. The molecular formula is C20H31F3N4O2. The summed E-state index contributed by atoms with van der Waals surface area (Å²) in [4.78, 5) is 6.90. The van der Waals surface area contributed by atoms with Crippen LogP contribution in [0.2, 0.25) is 0 Å². The molecule has 2 rings (SSSR count). The van der Waals surface area contributed by atoms with E-state index in [0.717, 1.165) is 26.3 Å². The van der Waals surface area contributed by atoms with Gasteiger partial charge in [-0.1, -0.05) is 18.2 Å². The first-order chi connectivity index (χ1) is 13.7. The van der Waals surface area contributed by atoms with E-state index in [4.69, 9.17) is 9.47 Å². The van der Waals surface area contributed by atoms with Gasteiger partial charge in [0.15, 0.2) is 12.6 Å². The maximum absolute atomic E-state index is 12.5. The number of rotatable bonds is 8. The minimum atomic E-state index is -4.38. The lowest BCUT2D eigenvalue weighted by Crippen LogP contribution is -2.56. The van der Waals surface area contributed by atoms with E-state index < -0.39 is 12.8 Å². The van der Waals surface area contributed by atoms with Crippen molar-refractivity contribution >= 4 is 5.96 Å². The second kappa shape index (κ2) is 10.7. The summed E-state index contributed by atoms with van der Waals surface area (Å²) in [5.74, 6) is 0.803. The number of morpholine rings is 1. The van der Waals surface area contributed by atoms with Crippen molar-refractivity contribution < 1.29 is 22.6 Å². The van der Waals surface area contributed by atoms with E-state index in [1.807, 2.05) is 6.92 Å². The highest BCUT2D eigenvalue weighted by molar-refractivity contribution is 5.79. The molecule has 0 radical (unpaired) electrons. The molecule has 29 heavy (non-hydrogen) atoms. The van der Waals surface area contributed by atoms with Crippen molar-refractivity contribution in [3.63, 3.8) is 0 Å². The fourth-order valence-electron chi connectivity index (χ4n) is 3.02. The van der Waals surface area contributed by atoms with E-state index in [1.165, 1.54) is 6.07 Å². The third-order valence-electron chi connectivity index (χ3n) is 4.67. The van der Waals surface area contributed by atoms with Crippen molar-refractivity contribution in [2.45, 2.75) is 39.0 Å². The fourth-order valence-corrected chi connectivity index (χ4v) is 3.02. The van der Waals surface area contributed by atoms with Gasteiger partial charge in [0.05, 0.1) is 19.8 Å². The highest BCUT2D eigenvalue weighted by atomic mass is 19.4. The highest BCUT2D eigenvalue weighted by Crippen LogP contribution is 2.22. The molecule has 0 spiro atoms.